The summed E-state index contributed by atoms with van der Waals surface area (Å²) in [5, 5.41) is 7.14. The largest absolute Gasteiger partial charge is 0.487 e. The third-order valence-corrected chi connectivity index (χ3v) is 4.11. The van der Waals surface area contributed by atoms with Crippen LogP contribution in [0.3, 0.4) is 0 Å². The van der Waals surface area contributed by atoms with Crippen LogP contribution < -0.4 is 15.4 Å². The van der Waals surface area contributed by atoms with E-state index in [-0.39, 0.29) is 12.2 Å². The summed E-state index contributed by atoms with van der Waals surface area (Å²) in [4.78, 5) is 4.21. The van der Waals surface area contributed by atoms with E-state index in [2.05, 4.69) is 15.6 Å². The van der Waals surface area contributed by atoms with Crippen LogP contribution in [0.2, 0.25) is 5.02 Å². The molecule has 1 heterocycles. The van der Waals surface area contributed by atoms with E-state index in [0.29, 0.717) is 17.3 Å². The summed E-state index contributed by atoms with van der Waals surface area (Å²) in [5.41, 5.74) is 0. The van der Waals surface area contributed by atoms with Crippen LogP contribution in [0.5, 0.6) is 5.75 Å². The summed E-state index contributed by atoms with van der Waals surface area (Å²) >= 11 is 6.10. The Morgan fingerprint density at radius 1 is 1.40 bits per heavy atom. The van der Waals surface area contributed by atoms with Gasteiger partial charge < -0.3 is 24.8 Å². The topological polar surface area (TPSA) is 64.1 Å². The van der Waals surface area contributed by atoms with Gasteiger partial charge >= 0.3 is 0 Å². The van der Waals surface area contributed by atoms with E-state index in [1.54, 1.807) is 7.05 Å². The Morgan fingerprint density at radius 3 is 2.96 bits per heavy atom. The van der Waals surface area contributed by atoms with E-state index < -0.39 is 0 Å². The molecule has 0 amide bonds. The average molecular weight is 370 g/mol. The lowest BCUT2D eigenvalue weighted by molar-refractivity contribution is 0.0420. The maximum absolute atomic E-state index is 6.10. The van der Waals surface area contributed by atoms with Gasteiger partial charge in [0.25, 0.3) is 0 Å². The van der Waals surface area contributed by atoms with E-state index in [9.17, 15) is 0 Å². The van der Waals surface area contributed by atoms with Crippen molar-refractivity contribution >= 4 is 17.6 Å². The first kappa shape index (κ1) is 19.8. The molecule has 140 valence electrons. The number of guanidine groups is 1. The van der Waals surface area contributed by atoms with Gasteiger partial charge in [0.2, 0.25) is 0 Å². The first-order chi connectivity index (χ1) is 12.2. The fourth-order valence-electron chi connectivity index (χ4n) is 2.43. The molecule has 1 fully saturated rings. The molecule has 1 aromatic carbocycles. The third kappa shape index (κ3) is 7.50. The first-order valence-electron chi connectivity index (χ1n) is 8.74. The molecule has 0 aliphatic carbocycles. The Hall–Kier alpha value is -1.50. The van der Waals surface area contributed by atoms with Crippen molar-refractivity contribution in [1.82, 2.24) is 10.6 Å². The summed E-state index contributed by atoms with van der Waals surface area (Å²) in [7, 11) is 1.75. The standard InChI is InChI=1S/C18H28ClN3O3/c1-14(25-17-7-4-3-6-16(17)19)12-22-18(20-2)21-9-5-10-24-15-8-11-23-13-15/h3-4,6-7,14-15H,5,8-13H2,1-2H3,(H2,20,21,22). The molecule has 6 nitrogen and oxygen atoms in total. The molecule has 0 aromatic heterocycles. The molecule has 7 heteroatoms. The van der Waals surface area contributed by atoms with Gasteiger partial charge in [-0.15, -0.1) is 0 Å². The zero-order chi connectivity index (χ0) is 17.9. The quantitative estimate of drug-likeness (QED) is 0.398. The monoisotopic (exact) mass is 369 g/mol. The highest BCUT2D eigenvalue weighted by atomic mass is 35.5. The Labute approximate surface area is 154 Å². The number of aliphatic imine (C=N–C) groups is 1. The fourth-order valence-corrected chi connectivity index (χ4v) is 2.61. The van der Waals surface area contributed by atoms with Crippen molar-refractivity contribution < 1.29 is 14.2 Å². The van der Waals surface area contributed by atoms with Gasteiger partial charge in [-0.25, -0.2) is 0 Å². The van der Waals surface area contributed by atoms with Crippen LogP contribution in [-0.2, 0) is 9.47 Å². The van der Waals surface area contributed by atoms with Gasteiger partial charge in [-0.2, -0.15) is 0 Å². The van der Waals surface area contributed by atoms with Gasteiger partial charge in [-0.1, -0.05) is 23.7 Å². The lowest BCUT2D eigenvalue weighted by Gasteiger charge is -2.18. The van der Waals surface area contributed by atoms with E-state index in [1.807, 2.05) is 31.2 Å². The van der Waals surface area contributed by atoms with Crippen LogP contribution in [-0.4, -0.2) is 58.1 Å². The van der Waals surface area contributed by atoms with E-state index >= 15 is 0 Å². The molecule has 2 atom stereocenters. The molecule has 1 aromatic rings. The highest BCUT2D eigenvalue weighted by Gasteiger charge is 2.15. The van der Waals surface area contributed by atoms with Crippen molar-refractivity contribution in [1.29, 1.82) is 0 Å². The Balaban J connectivity index is 1.58. The SMILES string of the molecule is CN=C(NCCCOC1CCOC1)NCC(C)Oc1ccccc1Cl. The molecular formula is C18H28ClN3O3. The maximum Gasteiger partial charge on any atom is 0.191 e. The molecule has 1 saturated heterocycles. The highest BCUT2D eigenvalue weighted by Crippen LogP contribution is 2.23. The average Bonchev–Trinajstić information content (AvgIpc) is 3.13. The highest BCUT2D eigenvalue weighted by molar-refractivity contribution is 6.32. The van der Waals surface area contributed by atoms with E-state index in [4.69, 9.17) is 25.8 Å². The molecule has 2 N–H and O–H groups in total. The molecule has 2 rings (SSSR count). The second kappa shape index (κ2) is 11.2. The molecule has 1 aliphatic rings. The predicted octanol–water partition coefficient (Wildman–Crippen LogP) is 2.47. The molecule has 0 saturated carbocycles. The van der Waals surface area contributed by atoms with Crippen LogP contribution in [0, 0.1) is 0 Å². The van der Waals surface area contributed by atoms with Gasteiger partial charge in [0.05, 0.1) is 24.3 Å². The number of ether oxygens (including phenoxy) is 3. The van der Waals surface area contributed by atoms with Gasteiger partial charge in [0, 0.05) is 26.8 Å². The number of hydrogen-bond acceptors (Lipinski definition) is 4. The summed E-state index contributed by atoms with van der Waals surface area (Å²) < 4.78 is 16.9. The summed E-state index contributed by atoms with van der Waals surface area (Å²) in [6.07, 6.45) is 2.15. The van der Waals surface area contributed by atoms with Gasteiger partial charge in [-0.3, -0.25) is 4.99 Å². The van der Waals surface area contributed by atoms with Crippen LogP contribution in [0.25, 0.3) is 0 Å². The third-order valence-electron chi connectivity index (χ3n) is 3.80. The van der Waals surface area contributed by atoms with Crippen molar-refractivity contribution in [2.75, 3.05) is 40.0 Å². The smallest absolute Gasteiger partial charge is 0.191 e. The van der Waals surface area contributed by atoms with Crippen molar-refractivity contribution in [2.45, 2.75) is 32.0 Å². The molecule has 0 radical (unpaired) electrons. The van der Waals surface area contributed by atoms with Crippen molar-refractivity contribution in [3.05, 3.63) is 29.3 Å². The first-order valence-corrected chi connectivity index (χ1v) is 9.12. The van der Waals surface area contributed by atoms with Crippen molar-refractivity contribution in [3.8, 4) is 5.75 Å². The second-order valence-corrected chi connectivity index (χ2v) is 6.36. The molecular weight excluding hydrogens is 342 g/mol. The number of nitrogens with one attached hydrogen (secondary N) is 2. The number of halogens is 1. The van der Waals surface area contributed by atoms with Crippen LogP contribution in [0.15, 0.2) is 29.3 Å². The molecule has 0 bridgehead atoms. The zero-order valence-electron chi connectivity index (χ0n) is 15.0. The van der Waals surface area contributed by atoms with Crippen LogP contribution >= 0.6 is 11.6 Å². The lowest BCUT2D eigenvalue weighted by atomic mass is 10.3. The normalized spacial score (nSPS) is 18.8. The number of rotatable bonds is 9. The fraction of sp³-hybridized carbons (Fsp3) is 0.611. The minimum absolute atomic E-state index is 0.0378. The summed E-state index contributed by atoms with van der Waals surface area (Å²) in [5.74, 6) is 1.44. The number of benzene rings is 1. The predicted molar refractivity (Wildman–Crippen MR) is 101 cm³/mol. The van der Waals surface area contributed by atoms with Gasteiger partial charge in [0.15, 0.2) is 5.96 Å². The van der Waals surface area contributed by atoms with Gasteiger partial charge in [0.1, 0.15) is 11.9 Å². The Bertz CT molecular complexity index is 536. The molecule has 25 heavy (non-hydrogen) atoms. The minimum atomic E-state index is -0.0378. The minimum Gasteiger partial charge on any atom is -0.487 e. The maximum atomic E-state index is 6.10. The van der Waals surface area contributed by atoms with Crippen molar-refractivity contribution in [2.24, 2.45) is 4.99 Å². The number of para-hydroxylation sites is 1. The Kier molecular flexibility index (Phi) is 8.86. The summed E-state index contributed by atoms with van der Waals surface area (Å²) in [6.45, 7) is 5.67. The molecule has 1 aliphatic heterocycles. The van der Waals surface area contributed by atoms with E-state index in [1.165, 1.54) is 0 Å². The van der Waals surface area contributed by atoms with Crippen molar-refractivity contribution in [3.63, 3.8) is 0 Å². The zero-order valence-corrected chi connectivity index (χ0v) is 15.7. The van der Waals surface area contributed by atoms with Crippen LogP contribution in [0.4, 0.5) is 0 Å². The number of nitrogens with zero attached hydrogens (tertiary/aromatic N) is 1. The molecule has 2 unspecified atom stereocenters. The van der Waals surface area contributed by atoms with Gasteiger partial charge in [-0.05, 0) is 31.9 Å². The lowest BCUT2D eigenvalue weighted by Crippen LogP contribution is -2.42. The van der Waals surface area contributed by atoms with Crippen LogP contribution in [0.1, 0.15) is 19.8 Å². The Morgan fingerprint density at radius 2 is 2.24 bits per heavy atom. The molecule has 0 spiro atoms. The van der Waals surface area contributed by atoms with E-state index in [0.717, 1.165) is 45.2 Å². The number of hydrogen-bond donors (Lipinski definition) is 2. The second-order valence-electron chi connectivity index (χ2n) is 5.95. The summed E-state index contributed by atoms with van der Waals surface area (Å²) in [6, 6.07) is 7.47.